The van der Waals surface area contributed by atoms with Crippen molar-refractivity contribution in [2.75, 3.05) is 11.4 Å². The summed E-state index contributed by atoms with van der Waals surface area (Å²) in [6, 6.07) is 2.06. The molecule has 0 radical (unpaired) electrons. The van der Waals surface area contributed by atoms with E-state index in [1.165, 1.54) is 16.1 Å². The molecule has 4 rings (SSSR count). The number of H-pyrrole nitrogens is 1. The van der Waals surface area contributed by atoms with Crippen LogP contribution < -0.4 is 4.90 Å². The molecule has 0 aliphatic carbocycles. The van der Waals surface area contributed by atoms with E-state index in [4.69, 9.17) is 0 Å². The Kier molecular flexibility index (Phi) is 2.53. The monoisotopic (exact) mass is 285 g/mol. The van der Waals surface area contributed by atoms with Gasteiger partial charge in [-0.2, -0.15) is 0 Å². The molecule has 5 nitrogen and oxygen atoms in total. The van der Waals surface area contributed by atoms with Crippen LogP contribution >= 0.6 is 11.3 Å². The van der Waals surface area contributed by atoms with E-state index in [1.807, 2.05) is 13.8 Å². The van der Waals surface area contributed by atoms with Gasteiger partial charge in [-0.3, -0.25) is 0 Å². The molecule has 4 heterocycles. The molecule has 6 heteroatoms. The molecule has 0 aromatic carbocycles. The molecule has 0 atom stereocenters. The van der Waals surface area contributed by atoms with Crippen molar-refractivity contribution < 1.29 is 0 Å². The molecule has 0 unspecified atom stereocenters. The van der Waals surface area contributed by atoms with Gasteiger partial charge in [0.2, 0.25) is 0 Å². The smallest absolute Gasteiger partial charge is 0.150 e. The van der Waals surface area contributed by atoms with E-state index >= 15 is 0 Å². The summed E-state index contributed by atoms with van der Waals surface area (Å²) < 4.78 is 1.18. The molecule has 0 saturated carbocycles. The first-order valence-corrected chi connectivity index (χ1v) is 7.60. The Hall–Kier alpha value is -1.95. The fourth-order valence-corrected chi connectivity index (χ4v) is 3.64. The number of aromatic amines is 1. The van der Waals surface area contributed by atoms with Crippen LogP contribution in [0.25, 0.3) is 10.2 Å². The highest BCUT2D eigenvalue weighted by molar-refractivity contribution is 7.17. The van der Waals surface area contributed by atoms with Crippen LogP contribution in [-0.4, -0.2) is 26.5 Å². The highest BCUT2D eigenvalue weighted by Gasteiger charge is 2.22. The lowest BCUT2D eigenvalue weighted by Crippen LogP contribution is -2.31. The van der Waals surface area contributed by atoms with Crippen LogP contribution in [0.15, 0.2) is 11.4 Å². The fourth-order valence-electron chi connectivity index (χ4n) is 2.79. The van der Waals surface area contributed by atoms with Gasteiger partial charge in [0.1, 0.15) is 11.6 Å². The van der Waals surface area contributed by atoms with Crippen molar-refractivity contribution in [3.63, 3.8) is 0 Å². The van der Waals surface area contributed by atoms with Gasteiger partial charge in [0.25, 0.3) is 0 Å². The molecule has 0 spiro atoms. The van der Waals surface area contributed by atoms with E-state index in [2.05, 4.69) is 36.3 Å². The van der Waals surface area contributed by atoms with Crippen LogP contribution in [0, 0.1) is 13.8 Å². The van der Waals surface area contributed by atoms with Gasteiger partial charge < -0.3 is 9.88 Å². The molecule has 1 N–H and O–H groups in total. The van der Waals surface area contributed by atoms with E-state index in [9.17, 15) is 0 Å². The second-order valence-electron chi connectivity index (χ2n) is 5.15. The number of aromatic nitrogens is 4. The number of nitrogens with zero attached hydrogens (tertiary/aromatic N) is 4. The van der Waals surface area contributed by atoms with Crippen LogP contribution in [0.1, 0.15) is 23.0 Å². The Morgan fingerprint density at radius 3 is 3.05 bits per heavy atom. The number of hydrogen-bond acceptors (Lipinski definition) is 5. The number of fused-ring (bicyclic) bond motifs is 2. The standard InChI is InChI=1S/C14H15N5S/c1-8-15-10-3-5-19(7-12(10)17-8)14-13-11(4-6-20-13)16-9(2)18-14/h4,6H,3,5,7H2,1-2H3,(H,15,17). The van der Waals surface area contributed by atoms with Gasteiger partial charge in [-0.1, -0.05) is 0 Å². The number of rotatable bonds is 1. The van der Waals surface area contributed by atoms with Crippen LogP contribution in [0.4, 0.5) is 5.82 Å². The third kappa shape index (κ3) is 1.79. The Morgan fingerprint density at radius 1 is 1.25 bits per heavy atom. The number of aryl methyl sites for hydroxylation is 2. The van der Waals surface area contributed by atoms with Gasteiger partial charge in [0, 0.05) is 13.0 Å². The average Bonchev–Trinajstić information content (AvgIpc) is 3.01. The molecule has 3 aromatic heterocycles. The first kappa shape index (κ1) is 11.8. The van der Waals surface area contributed by atoms with Crippen molar-refractivity contribution in [1.29, 1.82) is 0 Å². The highest BCUT2D eigenvalue weighted by Crippen LogP contribution is 2.31. The molecule has 102 valence electrons. The zero-order valence-electron chi connectivity index (χ0n) is 11.5. The van der Waals surface area contributed by atoms with Crippen molar-refractivity contribution in [2.24, 2.45) is 0 Å². The molecule has 1 aliphatic rings. The SMILES string of the molecule is Cc1nc(N2CCc3nc(C)[nH]c3C2)c2sccc2n1. The Morgan fingerprint density at radius 2 is 2.15 bits per heavy atom. The quantitative estimate of drug-likeness (QED) is 0.746. The van der Waals surface area contributed by atoms with Gasteiger partial charge >= 0.3 is 0 Å². The molecule has 0 fully saturated rings. The maximum Gasteiger partial charge on any atom is 0.150 e. The molecule has 20 heavy (non-hydrogen) atoms. The van der Waals surface area contributed by atoms with Gasteiger partial charge in [-0.05, 0) is 25.3 Å². The van der Waals surface area contributed by atoms with Crippen molar-refractivity contribution >= 4 is 27.4 Å². The van der Waals surface area contributed by atoms with Gasteiger partial charge in [0.15, 0.2) is 5.82 Å². The summed E-state index contributed by atoms with van der Waals surface area (Å²) in [6.45, 7) is 5.77. The minimum absolute atomic E-state index is 0.831. The van der Waals surface area contributed by atoms with Gasteiger partial charge in [-0.15, -0.1) is 11.3 Å². The van der Waals surface area contributed by atoms with Gasteiger partial charge in [-0.25, -0.2) is 15.0 Å². The van der Waals surface area contributed by atoms with E-state index < -0.39 is 0 Å². The summed E-state index contributed by atoms with van der Waals surface area (Å²) in [5, 5.41) is 2.08. The van der Waals surface area contributed by atoms with Crippen molar-refractivity contribution in [2.45, 2.75) is 26.8 Å². The lowest BCUT2D eigenvalue weighted by molar-refractivity contribution is 0.702. The highest BCUT2D eigenvalue weighted by atomic mass is 32.1. The third-order valence-electron chi connectivity index (χ3n) is 3.65. The maximum absolute atomic E-state index is 4.67. The molecular formula is C14H15N5S. The molecular weight excluding hydrogens is 270 g/mol. The van der Waals surface area contributed by atoms with E-state index in [1.54, 1.807) is 11.3 Å². The lowest BCUT2D eigenvalue weighted by atomic mass is 10.1. The van der Waals surface area contributed by atoms with E-state index in [0.717, 1.165) is 42.5 Å². The minimum atomic E-state index is 0.831. The second kappa shape index (κ2) is 4.28. The zero-order chi connectivity index (χ0) is 13.7. The zero-order valence-corrected chi connectivity index (χ0v) is 12.3. The van der Waals surface area contributed by atoms with Crippen LogP contribution in [0.5, 0.6) is 0 Å². The first-order chi connectivity index (χ1) is 9.70. The largest absolute Gasteiger partial charge is 0.349 e. The van der Waals surface area contributed by atoms with Crippen molar-refractivity contribution in [3.05, 3.63) is 34.5 Å². The predicted molar refractivity (Wildman–Crippen MR) is 80.2 cm³/mol. The minimum Gasteiger partial charge on any atom is -0.349 e. The summed E-state index contributed by atoms with van der Waals surface area (Å²) >= 11 is 1.71. The first-order valence-electron chi connectivity index (χ1n) is 6.72. The summed E-state index contributed by atoms with van der Waals surface area (Å²) in [7, 11) is 0. The van der Waals surface area contributed by atoms with Crippen LogP contribution in [-0.2, 0) is 13.0 Å². The number of thiophene rings is 1. The Bertz CT molecular complexity index is 788. The number of hydrogen-bond donors (Lipinski definition) is 1. The molecule has 1 aliphatic heterocycles. The number of nitrogens with one attached hydrogen (secondary N) is 1. The molecule has 3 aromatic rings. The topological polar surface area (TPSA) is 57.7 Å². The Labute approximate surface area is 120 Å². The van der Waals surface area contributed by atoms with Crippen molar-refractivity contribution in [1.82, 2.24) is 19.9 Å². The van der Waals surface area contributed by atoms with Crippen LogP contribution in [0.2, 0.25) is 0 Å². The third-order valence-corrected chi connectivity index (χ3v) is 4.55. The summed E-state index contributed by atoms with van der Waals surface area (Å²) in [6.07, 6.45) is 0.968. The summed E-state index contributed by atoms with van der Waals surface area (Å²) in [5.41, 5.74) is 3.46. The molecule has 0 bridgehead atoms. The van der Waals surface area contributed by atoms with E-state index in [-0.39, 0.29) is 0 Å². The Balaban J connectivity index is 1.79. The summed E-state index contributed by atoms with van der Waals surface area (Å²) in [5.74, 6) is 2.88. The maximum atomic E-state index is 4.67. The second-order valence-corrected chi connectivity index (χ2v) is 6.06. The van der Waals surface area contributed by atoms with Crippen molar-refractivity contribution in [3.8, 4) is 0 Å². The molecule has 0 amide bonds. The fraction of sp³-hybridized carbons (Fsp3) is 0.357. The normalized spacial score (nSPS) is 14.8. The van der Waals surface area contributed by atoms with Crippen LogP contribution in [0.3, 0.4) is 0 Å². The number of imidazole rings is 1. The summed E-state index contributed by atoms with van der Waals surface area (Å²) in [4.78, 5) is 19.4. The average molecular weight is 285 g/mol. The van der Waals surface area contributed by atoms with Gasteiger partial charge in [0.05, 0.1) is 28.1 Å². The lowest BCUT2D eigenvalue weighted by Gasteiger charge is -2.27. The predicted octanol–water partition coefficient (Wildman–Crippen LogP) is 2.59. The molecule has 0 saturated heterocycles. The van der Waals surface area contributed by atoms with E-state index in [0.29, 0.717) is 0 Å². The number of anilines is 1.